The van der Waals surface area contributed by atoms with E-state index in [4.69, 9.17) is 10.5 Å². The first-order chi connectivity index (χ1) is 9.31. The third-order valence-electron chi connectivity index (χ3n) is 3.31. The average molecular weight is 286 g/mol. The highest BCUT2D eigenvalue weighted by Gasteiger charge is 2.23. The molecule has 1 aliphatic heterocycles. The Labute approximate surface area is 122 Å². The molecule has 0 aromatic carbocycles. The molecule has 6 nitrogen and oxygen atoms in total. The van der Waals surface area contributed by atoms with E-state index < -0.39 is 11.7 Å². The molecule has 0 saturated carbocycles. The Bertz CT molecular complexity index is 298. The fourth-order valence-electron chi connectivity index (χ4n) is 2.22. The van der Waals surface area contributed by atoms with E-state index in [-0.39, 0.29) is 12.1 Å². The summed E-state index contributed by atoms with van der Waals surface area (Å²) in [6.07, 6.45) is 3.30. The Hall–Kier alpha value is -0.850. The van der Waals surface area contributed by atoms with E-state index in [2.05, 4.69) is 15.8 Å². The number of nitrogens with one attached hydrogen (secondary N) is 2. The maximum Gasteiger partial charge on any atom is 0.407 e. The summed E-state index contributed by atoms with van der Waals surface area (Å²) in [6.45, 7) is 10.0. The van der Waals surface area contributed by atoms with Crippen LogP contribution < -0.4 is 16.5 Å². The van der Waals surface area contributed by atoms with Gasteiger partial charge >= 0.3 is 6.09 Å². The molecule has 0 aliphatic carbocycles. The van der Waals surface area contributed by atoms with Gasteiger partial charge in [0.15, 0.2) is 0 Å². The van der Waals surface area contributed by atoms with Crippen LogP contribution in [-0.4, -0.2) is 48.4 Å². The number of nitrogens with zero attached hydrogens (tertiary/aromatic N) is 1. The molecule has 0 aromatic rings. The molecule has 0 radical (unpaired) electrons. The number of amides is 1. The second-order valence-electron chi connectivity index (χ2n) is 6.45. The SMILES string of the molecule is CC(NC(=O)OC(C)(C)C)C(CN)NN1CCCCC1. The molecule has 6 heteroatoms. The van der Waals surface area contributed by atoms with Crippen molar-refractivity contribution in [2.75, 3.05) is 19.6 Å². The number of carbonyl (C=O) groups excluding carboxylic acids is 1. The Morgan fingerprint density at radius 2 is 1.90 bits per heavy atom. The third kappa shape index (κ3) is 6.54. The van der Waals surface area contributed by atoms with Crippen molar-refractivity contribution in [3.05, 3.63) is 0 Å². The number of hydrogen-bond acceptors (Lipinski definition) is 5. The highest BCUT2D eigenvalue weighted by atomic mass is 16.6. The lowest BCUT2D eigenvalue weighted by atomic mass is 10.1. The van der Waals surface area contributed by atoms with E-state index in [1.165, 1.54) is 19.3 Å². The molecule has 0 aromatic heterocycles. The zero-order valence-electron chi connectivity index (χ0n) is 13.2. The van der Waals surface area contributed by atoms with Crippen molar-refractivity contribution in [3.63, 3.8) is 0 Å². The summed E-state index contributed by atoms with van der Waals surface area (Å²) in [5.74, 6) is 0. The van der Waals surface area contributed by atoms with Gasteiger partial charge in [-0.25, -0.2) is 15.2 Å². The van der Waals surface area contributed by atoms with Crippen LogP contribution in [0, 0.1) is 0 Å². The van der Waals surface area contributed by atoms with Gasteiger partial charge in [0.05, 0.1) is 6.04 Å². The Morgan fingerprint density at radius 3 is 2.40 bits per heavy atom. The molecule has 1 fully saturated rings. The first kappa shape index (κ1) is 17.2. The smallest absolute Gasteiger partial charge is 0.407 e. The number of hydrazine groups is 1. The van der Waals surface area contributed by atoms with E-state index in [1.54, 1.807) is 0 Å². The summed E-state index contributed by atoms with van der Waals surface area (Å²) in [5.41, 5.74) is 8.74. The third-order valence-corrected chi connectivity index (χ3v) is 3.31. The van der Waals surface area contributed by atoms with Crippen molar-refractivity contribution in [2.24, 2.45) is 5.73 Å². The van der Waals surface area contributed by atoms with Crippen LogP contribution in [0.15, 0.2) is 0 Å². The van der Waals surface area contributed by atoms with E-state index in [9.17, 15) is 4.79 Å². The van der Waals surface area contributed by atoms with Crippen LogP contribution in [0.4, 0.5) is 4.79 Å². The van der Waals surface area contributed by atoms with Gasteiger partial charge in [-0.05, 0) is 40.5 Å². The number of alkyl carbamates (subject to hydrolysis) is 1. The molecule has 1 amide bonds. The Morgan fingerprint density at radius 1 is 1.30 bits per heavy atom. The lowest BCUT2D eigenvalue weighted by molar-refractivity contribution is 0.0474. The van der Waals surface area contributed by atoms with Crippen LogP contribution in [0.3, 0.4) is 0 Å². The molecule has 1 aliphatic rings. The fourth-order valence-corrected chi connectivity index (χ4v) is 2.22. The number of piperidine rings is 1. The van der Waals surface area contributed by atoms with Gasteiger partial charge in [-0.1, -0.05) is 6.42 Å². The molecule has 1 heterocycles. The highest BCUT2D eigenvalue weighted by molar-refractivity contribution is 5.68. The minimum Gasteiger partial charge on any atom is -0.444 e. The second-order valence-corrected chi connectivity index (χ2v) is 6.45. The van der Waals surface area contributed by atoms with Gasteiger partial charge in [0, 0.05) is 25.7 Å². The van der Waals surface area contributed by atoms with E-state index in [1.807, 2.05) is 27.7 Å². The fraction of sp³-hybridized carbons (Fsp3) is 0.929. The Kier molecular flexibility index (Phi) is 6.71. The van der Waals surface area contributed by atoms with Gasteiger partial charge in [0.1, 0.15) is 5.60 Å². The summed E-state index contributed by atoms with van der Waals surface area (Å²) < 4.78 is 5.26. The minimum atomic E-state index is -0.484. The van der Waals surface area contributed by atoms with Crippen LogP contribution in [0.5, 0.6) is 0 Å². The predicted molar refractivity (Wildman–Crippen MR) is 80.2 cm³/mol. The second kappa shape index (κ2) is 7.81. The number of nitrogens with two attached hydrogens (primary N) is 1. The molecule has 1 rings (SSSR count). The normalized spacial score (nSPS) is 20.2. The summed E-state index contributed by atoms with van der Waals surface area (Å²) in [7, 11) is 0. The molecule has 4 N–H and O–H groups in total. The van der Waals surface area contributed by atoms with E-state index in [0.29, 0.717) is 6.54 Å². The number of hydrogen-bond donors (Lipinski definition) is 3. The summed E-state index contributed by atoms with van der Waals surface area (Å²) >= 11 is 0. The maximum atomic E-state index is 11.8. The molecular formula is C14H30N4O2. The van der Waals surface area contributed by atoms with Crippen LogP contribution in [0.2, 0.25) is 0 Å². The van der Waals surface area contributed by atoms with Crippen molar-refractivity contribution >= 4 is 6.09 Å². The molecule has 118 valence electrons. The van der Waals surface area contributed by atoms with Crippen molar-refractivity contribution in [1.29, 1.82) is 0 Å². The van der Waals surface area contributed by atoms with Crippen LogP contribution in [-0.2, 0) is 4.74 Å². The summed E-state index contributed by atoms with van der Waals surface area (Å²) in [5, 5.41) is 5.05. The zero-order valence-corrected chi connectivity index (χ0v) is 13.2. The molecule has 2 atom stereocenters. The highest BCUT2D eigenvalue weighted by Crippen LogP contribution is 2.09. The van der Waals surface area contributed by atoms with Crippen molar-refractivity contribution < 1.29 is 9.53 Å². The molecule has 2 unspecified atom stereocenters. The van der Waals surface area contributed by atoms with Gasteiger partial charge in [0.25, 0.3) is 0 Å². The maximum absolute atomic E-state index is 11.8. The van der Waals surface area contributed by atoms with E-state index in [0.717, 1.165) is 13.1 Å². The van der Waals surface area contributed by atoms with Crippen molar-refractivity contribution in [3.8, 4) is 0 Å². The zero-order chi connectivity index (χ0) is 15.2. The minimum absolute atomic E-state index is 0.0145. The van der Waals surface area contributed by atoms with Crippen LogP contribution >= 0.6 is 0 Å². The number of rotatable bonds is 5. The van der Waals surface area contributed by atoms with E-state index >= 15 is 0 Å². The quantitative estimate of drug-likeness (QED) is 0.708. The van der Waals surface area contributed by atoms with Gasteiger partial charge in [-0.15, -0.1) is 0 Å². The average Bonchev–Trinajstić information content (AvgIpc) is 2.34. The molecule has 1 saturated heterocycles. The molecule has 0 spiro atoms. The predicted octanol–water partition coefficient (Wildman–Crippen LogP) is 1.22. The van der Waals surface area contributed by atoms with Crippen LogP contribution in [0.1, 0.15) is 47.0 Å². The number of ether oxygens (including phenoxy) is 1. The molecule has 20 heavy (non-hydrogen) atoms. The topological polar surface area (TPSA) is 79.6 Å². The van der Waals surface area contributed by atoms with Crippen LogP contribution in [0.25, 0.3) is 0 Å². The van der Waals surface area contributed by atoms with Gasteiger partial charge in [0.2, 0.25) is 0 Å². The summed E-state index contributed by atoms with van der Waals surface area (Å²) in [4.78, 5) is 11.8. The monoisotopic (exact) mass is 286 g/mol. The standard InChI is InChI=1S/C14H30N4O2/c1-11(16-13(19)20-14(2,3)4)12(10-15)17-18-8-6-5-7-9-18/h11-12,17H,5-10,15H2,1-4H3,(H,16,19). The summed E-state index contributed by atoms with van der Waals surface area (Å²) in [6, 6.07) is -0.0719. The van der Waals surface area contributed by atoms with Gasteiger partial charge in [-0.3, -0.25) is 0 Å². The molecular weight excluding hydrogens is 256 g/mol. The van der Waals surface area contributed by atoms with Crippen molar-refractivity contribution in [1.82, 2.24) is 15.8 Å². The van der Waals surface area contributed by atoms with Crippen molar-refractivity contribution in [2.45, 2.75) is 64.6 Å². The lowest BCUT2D eigenvalue weighted by Crippen LogP contribution is -2.58. The Balaban J connectivity index is 2.41. The first-order valence-corrected chi connectivity index (χ1v) is 7.52. The molecule has 0 bridgehead atoms. The van der Waals surface area contributed by atoms with Gasteiger partial charge < -0.3 is 15.8 Å². The lowest BCUT2D eigenvalue weighted by Gasteiger charge is -2.34. The number of carbonyl (C=O) groups is 1. The largest absolute Gasteiger partial charge is 0.444 e. The van der Waals surface area contributed by atoms with Gasteiger partial charge in [-0.2, -0.15) is 0 Å². The first-order valence-electron chi connectivity index (χ1n) is 7.52.